The van der Waals surface area contributed by atoms with E-state index < -0.39 is 0 Å². The van der Waals surface area contributed by atoms with Crippen LogP contribution in [0.1, 0.15) is 25.7 Å². The zero-order valence-electron chi connectivity index (χ0n) is 9.08. The van der Waals surface area contributed by atoms with Gasteiger partial charge in [-0.2, -0.15) is 0 Å². The number of carbonyl (C=O) groups is 1. The van der Waals surface area contributed by atoms with Gasteiger partial charge in [-0.25, -0.2) is 5.06 Å². The number of hydrogen-bond donors (Lipinski definition) is 1. The SMILES string of the molecule is CON(C)C(=O)CCC1CCNCC1. The Kier molecular flexibility index (Phi) is 4.90. The number of rotatable bonds is 4. The van der Waals surface area contributed by atoms with Gasteiger partial charge in [-0.15, -0.1) is 0 Å². The van der Waals surface area contributed by atoms with Crippen molar-refractivity contribution >= 4 is 5.91 Å². The molecule has 14 heavy (non-hydrogen) atoms. The van der Waals surface area contributed by atoms with Crippen LogP contribution in [0.15, 0.2) is 0 Å². The third kappa shape index (κ3) is 3.64. The molecular formula is C10H20N2O2. The van der Waals surface area contributed by atoms with E-state index in [0.717, 1.165) is 19.5 Å². The van der Waals surface area contributed by atoms with Gasteiger partial charge in [0.2, 0.25) is 5.91 Å². The molecule has 0 aromatic rings. The molecule has 4 heteroatoms. The lowest BCUT2D eigenvalue weighted by Crippen LogP contribution is -2.30. The minimum absolute atomic E-state index is 0.0750. The van der Waals surface area contributed by atoms with Crippen LogP contribution < -0.4 is 5.32 Å². The minimum atomic E-state index is 0.0750. The Labute approximate surface area is 85.6 Å². The number of amides is 1. The molecule has 0 aromatic carbocycles. The van der Waals surface area contributed by atoms with Gasteiger partial charge in [0.05, 0.1) is 7.11 Å². The summed E-state index contributed by atoms with van der Waals surface area (Å²) in [5.41, 5.74) is 0. The molecule has 0 saturated carbocycles. The zero-order chi connectivity index (χ0) is 10.4. The first-order chi connectivity index (χ1) is 6.74. The Morgan fingerprint density at radius 3 is 2.71 bits per heavy atom. The molecule has 1 fully saturated rings. The maximum Gasteiger partial charge on any atom is 0.245 e. The smallest absolute Gasteiger partial charge is 0.245 e. The summed E-state index contributed by atoms with van der Waals surface area (Å²) in [5.74, 6) is 0.788. The molecule has 1 N–H and O–H groups in total. The molecule has 1 heterocycles. The van der Waals surface area contributed by atoms with Crippen molar-refractivity contribution in [3.8, 4) is 0 Å². The van der Waals surface area contributed by atoms with Gasteiger partial charge in [0, 0.05) is 13.5 Å². The van der Waals surface area contributed by atoms with E-state index in [1.165, 1.54) is 25.0 Å². The second kappa shape index (κ2) is 5.98. The number of hydrogen-bond acceptors (Lipinski definition) is 3. The topological polar surface area (TPSA) is 41.6 Å². The zero-order valence-corrected chi connectivity index (χ0v) is 9.08. The molecule has 1 amide bonds. The average Bonchev–Trinajstić information content (AvgIpc) is 2.26. The summed E-state index contributed by atoms with van der Waals surface area (Å²) >= 11 is 0. The highest BCUT2D eigenvalue weighted by molar-refractivity contribution is 5.74. The first kappa shape index (κ1) is 11.5. The van der Waals surface area contributed by atoms with Crippen molar-refractivity contribution in [3.05, 3.63) is 0 Å². The Morgan fingerprint density at radius 2 is 2.14 bits per heavy atom. The standard InChI is InChI=1S/C10H20N2O2/c1-12(14-2)10(13)4-3-9-5-7-11-8-6-9/h9,11H,3-8H2,1-2H3. The third-order valence-electron chi connectivity index (χ3n) is 2.85. The van der Waals surface area contributed by atoms with Crippen LogP contribution in [0.25, 0.3) is 0 Å². The van der Waals surface area contributed by atoms with Crippen LogP contribution in [-0.4, -0.2) is 38.2 Å². The number of nitrogens with one attached hydrogen (secondary N) is 1. The molecule has 0 radical (unpaired) electrons. The van der Waals surface area contributed by atoms with E-state index in [4.69, 9.17) is 4.84 Å². The van der Waals surface area contributed by atoms with Crippen LogP contribution >= 0.6 is 0 Å². The molecule has 1 aliphatic heterocycles. The van der Waals surface area contributed by atoms with Crippen molar-refractivity contribution in [2.24, 2.45) is 5.92 Å². The molecule has 0 atom stereocenters. The lowest BCUT2D eigenvalue weighted by atomic mass is 9.93. The fraction of sp³-hybridized carbons (Fsp3) is 0.900. The summed E-state index contributed by atoms with van der Waals surface area (Å²) in [7, 11) is 3.17. The van der Waals surface area contributed by atoms with Crippen LogP contribution in [0.5, 0.6) is 0 Å². The molecule has 0 bridgehead atoms. The highest BCUT2D eigenvalue weighted by Gasteiger charge is 2.15. The molecule has 1 rings (SSSR count). The predicted molar refractivity (Wildman–Crippen MR) is 54.6 cm³/mol. The molecule has 4 nitrogen and oxygen atoms in total. The van der Waals surface area contributed by atoms with Gasteiger partial charge in [-0.1, -0.05) is 0 Å². The summed E-state index contributed by atoms with van der Waals surface area (Å²) in [6.45, 7) is 2.19. The Morgan fingerprint density at radius 1 is 1.50 bits per heavy atom. The molecule has 1 saturated heterocycles. The largest absolute Gasteiger partial charge is 0.317 e. The van der Waals surface area contributed by atoms with Gasteiger partial charge in [-0.3, -0.25) is 9.63 Å². The van der Waals surface area contributed by atoms with Gasteiger partial charge in [0.25, 0.3) is 0 Å². The van der Waals surface area contributed by atoms with Crippen molar-refractivity contribution in [2.45, 2.75) is 25.7 Å². The number of carbonyl (C=O) groups excluding carboxylic acids is 1. The van der Waals surface area contributed by atoms with Crippen molar-refractivity contribution in [3.63, 3.8) is 0 Å². The van der Waals surface area contributed by atoms with Gasteiger partial charge in [-0.05, 0) is 38.3 Å². The van der Waals surface area contributed by atoms with Crippen molar-refractivity contribution in [2.75, 3.05) is 27.2 Å². The predicted octanol–water partition coefficient (Wildman–Crippen LogP) is 0.786. The van der Waals surface area contributed by atoms with Crippen molar-refractivity contribution < 1.29 is 9.63 Å². The van der Waals surface area contributed by atoms with E-state index in [-0.39, 0.29) is 5.91 Å². The van der Waals surface area contributed by atoms with Crippen LogP contribution in [0.4, 0.5) is 0 Å². The monoisotopic (exact) mass is 200 g/mol. The second-order valence-electron chi connectivity index (χ2n) is 3.81. The molecule has 0 aliphatic carbocycles. The number of nitrogens with zero attached hydrogens (tertiary/aromatic N) is 1. The van der Waals surface area contributed by atoms with Gasteiger partial charge in [0.15, 0.2) is 0 Å². The number of piperidine rings is 1. The van der Waals surface area contributed by atoms with Gasteiger partial charge >= 0.3 is 0 Å². The van der Waals surface area contributed by atoms with E-state index in [1.807, 2.05) is 0 Å². The molecule has 0 spiro atoms. The number of hydroxylamine groups is 2. The Bertz CT molecular complexity index is 179. The minimum Gasteiger partial charge on any atom is -0.317 e. The fourth-order valence-electron chi connectivity index (χ4n) is 1.76. The molecule has 0 unspecified atom stereocenters. The van der Waals surface area contributed by atoms with E-state index in [0.29, 0.717) is 12.3 Å². The summed E-state index contributed by atoms with van der Waals surface area (Å²) in [4.78, 5) is 16.2. The van der Waals surface area contributed by atoms with E-state index >= 15 is 0 Å². The summed E-state index contributed by atoms with van der Waals surface area (Å²) in [6, 6.07) is 0. The Balaban J connectivity index is 2.15. The lowest BCUT2D eigenvalue weighted by Gasteiger charge is -2.23. The van der Waals surface area contributed by atoms with Crippen LogP contribution in [0.2, 0.25) is 0 Å². The molecule has 0 aromatic heterocycles. The third-order valence-corrected chi connectivity index (χ3v) is 2.85. The molecule has 82 valence electrons. The van der Waals surface area contributed by atoms with Gasteiger partial charge < -0.3 is 5.32 Å². The highest BCUT2D eigenvalue weighted by Crippen LogP contribution is 2.17. The fourth-order valence-corrected chi connectivity index (χ4v) is 1.76. The normalized spacial score (nSPS) is 18.1. The highest BCUT2D eigenvalue weighted by atomic mass is 16.7. The van der Waals surface area contributed by atoms with E-state index in [9.17, 15) is 4.79 Å². The van der Waals surface area contributed by atoms with Crippen molar-refractivity contribution in [1.29, 1.82) is 0 Å². The maximum absolute atomic E-state index is 11.4. The molecule has 1 aliphatic rings. The first-order valence-electron chi connectivity index (χ1n) is 5.25. The average molecular weight is 200 g/mol. The lowest BCUT2D eigenvalue weighted by molar-refractivity contribution is -0.169. The summed E-state index contributed by atoms with van der Waals surface area (Å²) in [5, 5.41) is 4.62. The first-order valence-corrected chi connectivity index (χ1v) is 5.25. The quantitative estimate of drug-likeness (QED) is 0.682. The summed E-state index contributed by atoms with van der Waals surface area (Å²) < 4.78 is 0. The van der Waals surface area contributed by atoms with Crippen LogP contribution in [0, 0.1) is 5.92 Å². The van der Waals surface area contributed by atoms with Crippen molar-refractivity contribution in [1.82, 2.24) is 10.4 Å². The van der Waals surface area contributed by atoms with E-state index in [1.54, 1.807) is 7.05 Å². The maximum atomic E-state index is 11.4. The molecular weight excluding hydrogens is 180 g/mol. The van der Waals surface area contributed by atoms with Crippen LogP contribution in [0.3, 0.4) is 0 Å². The Hall–Kier alpha value is -0.610. The second-order valence-corrected chi connectivity index (χ2v) is 3.81. The van der Waals surface area contributed by atoms with E-state index in [2.05, 4.69) is 5.32 Å². The summed E-state index contributed by atoms with van der Waals surface area (Å²) in [6.07, 6.45) is 4.00. The van der Waals surface area contributed by atoms with Crippen LogP contribution in [-0.2, 0) is 9.63 Å². The van der Waals surface area contributed by atoms with Gasteiger partial charge in [0.1, 0.15) is 0 Å².